The molecule has 5 heteroatoms. The Kier molecular flexibility index (Phi) is 4.40. The molecule has 0 radical (unpaired) electrons. The van der Waals surface area contributed by atoms with E-state index < -0.39 is 0 Å². The predicted octanol–water partition coefficient (Wildman–Crippen LogP) is 3.41. The molecule has 0 saturated carbocycles. The highest BCUT2D eigenvalue weighted by molar-refractivity contribution is 5.53. The molecule has 0 bridgehead atoms. The lowest BCUT2D eigenvalue weighted by molar-refractivity contribution is 0.399. The molecule has 1 N–H and O–H groups in total. The molecule has 20 heavy (non-hydrogen) atoms. The summed E-state index contributed by atoms with van der Waals surface area (Å²) in [5, 5.41) is 3.19. The van der Waals surface area contributed by atoms with Crippen LogP contribution in [-0.2, 0) is 0 Å². The highest BCUT2D eigenvalue weighted by Gasteiger charge is 2.13. The average molecular weight is 276 g/mol. The van der Waals surface area contributed by atoms with Gasteiger partial charge in [0.15, 0.2) is 0 Å². The van der Waals surface area contributed by atoms with Crippen LogP contribution < -0.4 is 14.8 Å². The molecule has 4 nitrogen and oxygen atoms in total. The molecule has 2 rings (SSSR count). The second-order valence-electron chi connectivity index (χ2n) is 4.31. The first-order valence-electron chi connectivity index (χ1n) is 6.24. The number of aromatic nitrogens is 1. The van der Waals surface area contributed by atoms with Crippen LogP contribution in [0.4, 0.5) is 10.1 Å². The molecular formula is C15H17FN2O2. The standard InChI is InChI=1S/C15H17FN2O2/c1-10(12-7-6-11(19-2)9-13(12)16)18-14-5-4-8-17-15(14)20-3/h4-10,18H,1-3H3. The largest absolute Gasteiger partial charge is 0.497 e. The maximum Gasteiger partial charge on any atom is 0.237 e. The number of halogens is 1. The molecule has 0 saturated heterocycles. The zero-order valence-electron chi connectivity index (χ0n) is 11.7. The van der Waals surface area contributed by atoms with Gasteiger partial charge < -0.3 is 14.8 Å². The minimum atomic E-state index is -0.313. The molecule has 2 aromatic rings. The van der Waals surface area contributed by atoms with E-state index in [0.717, 1.165) is 5.69 Å². The van der Waals surface area contributed by atoms with E-state index in [4.69, 9.17) is 9.47 Å². The third kappa shape index (κ3) is 2.99. The Morgan fingerprint density at radius 3 is 2.65 bits per heavy atom. The summed E-state index contributed by atoms with van der Waals surface area (Å²) in [5.41, 5.74) is 1.27. The van der Waals surface area contributed by atoms with Crippen molar-refractivity contribution in [2.75, 3.05) is 19.5 Å². The van der Waals surface area contributed by atoms with Crippen molar-refractivity contribution < 1.29 is 13.9 Å². The summed E-state index contributed by atoms with van der Waals surface area (Å²) in [4.78, 5) is 4.10. The first-order valence-corrected chi connectivity index (χ1v) is 6.24. The minimum Gasteiger partial charge on any atom is -0.497 e. The van der Waals surface area contributed by atoms with Gasteiger partial charge in [-0.1, -0.05) is 6.07 Å². The van der Waals surface area contributed by atoms with Crippen molar-refractivity contribution >= 4 is 5.69 Å². The lowest BCUT2D eigenvalue weighted by Crippen LogP contribution is -2.10. The third-order valence-electron chi connectivity index (χ3n) is 3.01. The van der Waals surface area contributed by atoms with Crippen molar-refractivity contribution in [1.82, 2.24) is 4.98 Å². The number of hydrogen-bond acceptors (Lipinski definition) is 4. The minimum absolute atomic E-state index is 0.223. The van der Waals surface area contributed by atoms with E-state index in [9.17, 15) is 4.39 Å². The van der Waals surface area contributed by atoms with Gasteiger partial charge in [0.25, 0.3) is 0 Å². The zero-order chi connectivity index (χ0) is 14.5. The summed E-state index contributed by atoms with van der Waals surface area (Å²) in [6.45, 7) is 1.87. The maximum atomic E-state index is 14.0. The number of hydrogen-bond donors (Lipinski definition) is 1. The topological polar surface area (TPSA) is 43.4 Å². The molecule has 1 atom stereocenters. The van der Waals surface area contributed by atoms with E-state index in [-0.39, 0.29) is 11.9 Å². The van der Waals surface area contributed by atoms with E-state index >= 15 is 0 Å². The molecule has 106 valence electrons. The third-order valence-corrected chi connectivity index (χ3v) is 3.01. The van der Waals surface area contributed by atoms with Crippen LogP contribution in [0.25, 0.3) is 0 Å². The van der Waals surface area contributed by atoms with Crippen LogP contribution in [0.1, 0.15) is 18.5 Å². The van der Waals surface area contributed by atoms with Crippen LogP contribution in [0, 0.1) is 5.82 Å². The summed E-state index contributed by atoms with van der Waals surface area (Å²) in [7, 11) is 3.06. The summed E-state index contributed by atoms with van der Waals surface area (Å²) in [6.07, 6.45) is 1.64. The Hall–Kier alpha value is -2.30. The van der Waals surface area contributed by atoms with Gasteiger partial charge >= 0.3 is 0 Å². The van der Waals surface area contributed by atoms with Gasteiger partial charge in [-0.15, -0.1) is 0 Å². The molecule has 1 aromatic heterocycles. The zero-order valence-corrected chi connectivity index (χ0v) is 11.7. The second-order valence-corrected chi connectivity index (χ2v) is 4.31. The molecule has 1 aromatic carbocycles. The Bertz CT molecular complexity index is 590. The molecule has 1 unspecified atom stereocenters. The van der Waals surface area contributed by atoms with E-state index in [0.29, 0.717) is 17.2 Å². The van der Waals surface area contributed by atoms with Crippen molar-refractivity contribution in [3.05, 3.63) is 47.9 Å². The predicted molar refractivity (Wildman–Crippen MR) is 75.8 cm³/mol. The van der Waals surface area contributed by atoms with E-state index in [1.807, 2.05) is 13.0 Å². The molecule has 0 aliphatic heterocycles. The van der Waals surface area contributed by atoms with Crippen LogP contribution in [0.3, 0.4) is 0 Å². The Morgan fingerprint density at radius 2 is 2.00 bits per heavy atom. The normalized spacial score (nSPS) is 11.8. The Balaban J connectivity index is 2.21. The highest BCUT2D eigenvalue weighted by Crippen LogP contribution is 2.28. The fourth-order valence-corrected chi connectivity index (χ4v) is 1.96. The fraction of sp³-hybridized carbons (Fsp3) is 0.267. The number of anilines is 1. The molecule has 0 aliphatic carbocycles. The van der Waals surface area contributed by atoms with E-state index in [1.54, 1.807) is 31.5 Å². The molecule has 0 amide bonds. The quantitative estimate of drug-likeness (QED) is 0.908. The number of methoxy groups -OCH3 is 2. The first kappa shape index (κ1) is 14.1. The van der Waals surface area contributed by atoms with Gasteiger partial charge in [-0.3, -0.25) is 0 Å². The molecule has 0 fully saturated rings. The molecule has 1 heterocycles. The van der Waals surface area contributed by atoms with Gasteiger partial charge in [-0.25, -0.2) is 9.37 Å². The summed E-state index contributed by atoms with van der Waals surface area (Å²) >= 11 is 0. The lowest BCUT2D eigenvalue weighted by atomic mass is 10.1. The smallest absolute Gasteiger partial charge is 0.237 e. The van der Waals surface area contributed by atoms with Gasteiger partial charge in [0.2, 0.25) is 5.88 Å². The van der Waals surface area contributed by atoms with Crippen LogP contribution in [0.15, 0.2) is 36.5 Å². The Labute approximate surface area is 117 Å². The van der Waals surface area contributed by atoms with Crippen molar-refractivity contribution in [2.24, 2.45) is 0 Å². The van der Waals surface area contributed by atoms with Gasteiger partial charge in [0.1, 0.15) is 11.6 Å². The average Bonchev–Trinajstić information content (AvgIpc) is 2.47. The second kappa shape index (κ2) is 6.23. The van der Waals surface area contributed by atoms with Crippen molar-refractivity contribution in [2.45, 2.75) is 13.0 Å². The SMILES string of the molecule is COc1ccc(C(C)Nc2cccnc2OC)c(F)c1. The number of pyridine rings is 1. The van der Waals surface area contributed by atoms with E-state index in [2.05, 4.69) is 10.3 Å². The monoisotopic (exact) mass is 276 g/mol. The van der Waals surface area contributed by atoms with Crippen LogP contribution in [-0.4, -0.2) is 19.2 Å². The van der Waals surface area contributed by atoms with Gasteiger partial charge in [-0.2, -0.15) is 0 Å². The summed E-state index contributed by atoms with van der Waals surface area (Å²) in [6, 6.07) is 8.21. The van der Waals surface area contributed by atoms with Crippen LogP contribution >= 0.6 is 0 Å². The summed E-state index contributed by atoms with van der Waals surface area (Å²) in [5.74, 6) is 0.665. The van der Waals surface area contributed by atoms with Crippen molar-refractivity contribution in [3.63, 3.8) is 0 Å². The van der Waals surface area contributed by atoms with Gasteiger partial charge in [0, 0.05) is 17.8 Å². The van der Waals surface area contributed by atoms with Crippen molar-refractivity contribution in [1.29, 1.82) is 0 Å². The van der Waals surface area contributed by atoms with Gasteiger partial charge in [0.05, 0.1) is 25.9 Å². The van der Waals surface area contributed by atoms with Crippen LogP contribution in [0.2, 0.25) is 0 Å². The molecule has 0 aliphatic rings. The first-order chi connectivity index (χ1) is 9.65. The van der Waals surface area contributed by atoms with Gasteiger partial charge in [-0.05, 0) is 25.1 Å². The highest BCUT2D eigenvalue weighted by atomic mass is 19.1. The maximum absolute atomic E-state index is 14.0. The Morgan fingerprint density at radius 1 is 1.20 bits per heavy atom. The fourth-order valence-electron chi connectivity index (χ4n) is 1.96. The number of ether oxygens (including phenoxy) is 2. The number of rotatable bonds is 5. The molecular weight excluding hydrogens is 259 g/mol. The van der Waals surface area contributed by atoms with E-state index in [1.165, 1.54) is 13.2 Å². The van der Waals surface area contributed by atoms with Crippen molar-refractivity contribution in [3.8, 4) is 11.6 Å². The summed E-state index contributed by atoms with van der Waals surface area (Å²) < 4.78 is 24.2. The number of nitrogens with one attached hydrogen (secondary N) is 1. The van der Waals surface area contributed by atoms with Crippen LogP contribution in [0.5, 0.6) is 11.6 Å². The lowest BCUT2D eigenvalue weighted by Gasteiger charge is -2.18. The number of nitrogens with zero attached hydrogens (tertiary/aromatic N) is 1. The number of benzene rings is 1. The molecule has 0 spiro atoms.